The maximum absolute atomic E-state index is 13.8. The Balaban J connectivity index is 1.41. The number of methoxy groups -OCH3 is 1. The number of anilines is 1. The highest BCUT2D eigenvalue weighted by Gasteiger charge is 2.48. The summed E-state index contributed by atoms with van der Waals surface area (Å²) in [5, 5.41) is 10.1. The van der Waals surface area contributed by atoms with Gasteiger partial charge in [0.25, 0.3) is 0 Å². The van der Waals surface area contributed by atoms with E-state index in [0.717, 1.165) is 28.8 Å². The fourth-order valence-corrected chi connectivity index (χ4v) is 8.42. The molecule has 2 amide bonds. The van der Waals surface area contributed by atoms with E-state index >= 15 is 0 Å². The lowest BCUT2D eigenvalue weighted by Gasteiger charge is -2.44. The predicted molar refractivity (Wildman–Crippen MR) is 151 cm³/mol. The molecule has 3 aliphatic rings. The Morgan fingerprint density at radius 3 is 2.59 bits per heavy atom. The van der Waals surface area contributed by atoms with E-state index in [1.165, 1.54) is 0 Å². The molecule has 5 rings (SSSR count). The number of aliphatic hydroxyl groups is 1. The zero-order valence-electron chi connectivity index (χ0n) is 23.3. The molecule has 8 nitrogen and oxygen atoms in total. The number of amides is 2. The second-order valence-corrected chi connectivity index (χ2v) is 15.8. The van der Waals surface area contributed by atoms with Crippen LogP contribution in [0.5, 0.6) is 5.75 Å². The normalized spacial score (nSPS) is 25.6. The number of carbonyl (C=O) groups excluding carboxylic acids is 2. The minimum atomic E-state index is -2.89. The molecule has 39 heavy (non-hydrogen) atoms. The van der Waals surface area contributed by atoms with E-state index in [1.807, 2.05) is 61.3 Å². The smallest absolute Gasteiger partial charge is 0.227 e. The molecule has 5 atom stereocenters. The van der Waals surface area contributed by atoms with Crippen LogP contribution >= 0.6 is 0 Å². The van der Waals surface area contributed by atoms with Crippen LogP contribution in [0, 0.1) is 5.92 Å². The molecule has 3 heterocycles. The molecule has 0 saturated carbocycles. The third-order valence-corrected chi connectivity index (χ3v) is 11.1. The van der Waals surface area contributed by atoms with Crippen LogP contribution in [-0.2, 0) is 27.3 Å². The van der Waals surface area contributed by atoms with Gasteiger partial charge in [0.1, 0.15) is 11.9 Å². The second kappa shape index (κ2) is 11.0. The first-order valence-corrected chi connectivity index (χ1v) is 17.0. The van der Waals surface area contributed by atoms with E-state index < -0.39 is 14.4 Å². The van der Waals surface area contributed by atoms with Gasteiger partial charge in [0.05, 0.1) is 18.8 Å². The number of hydrogen-bond donors (Lipinski definition) is 2. The van der Waals surface area contributed by atoms with Gasteiger partial charge in [0, 0.05) is 55.8 Å². The standard InChI is InChI=1S/C30H40N2O6Si/c1-19-29(37-2)24-15-22(31-13-7-10-27(31)34)11-12-25(24)38-30(19)26(39(3,4)36)16-28(35)32-17-21-9-6-5-8-20(21)14-23(32)18-33/h5-6,8-9,11-12,15,19,23,26,29-30,33,36H,7,10,13-14,16-18H2,1-4H3/t19-,23+,26?,29-,30-/m1/s1. The third kappa shape index (κ3) is 5.37. The Bertz CT molecular complexity index is 1230. The van der Waals surface area contributed by atoms with Gasteiger partial charge in [-0.05, 0) is 55.3 Å². The molecule has 0 bridgehead atoms. The van der Waals surface area contributed by atoms with E-state index in [0.29, 0.717) is 31.7 Å². The van der Waals surface area contributed by atoms with Gasteiger partial charge in [-0.1, -0.05) is 31.2 Å². The predicted octanol–water partition coefficient (Wildman–Crippen LogP) is 3.80. The molecule has 3 aliphatic heterocycles. The average Bonchev–Trinajstić information content (AvgIpc) is 3.35. The van der Waals surface area contributed by atoms with E-state index in [1.54, 1.807) is 12.0 Å². The first kappa shape index (κ1) is 27.8. The van der Waals surface area contributed by atoms with Crippen molar-refractivity contribution in [1.29, 1.82) is 0 Å². The summed E-state index contributed by atoms with van der Waals surface area (Å²) in [4.78, 5) is 41.2. The molecular formula is C30H40N2O6Si. The lowest BCUT2D eigenvalue weighted by atomic mass is 9.86. The molecule has 0 aromatic heterocycles. The molecule has 1 unspecified atom stereocenters. The average molecular weight is 553 g/mol. The van der Waals surface area contributed by atoms with Crippen LogP contribution in [-0.4, -0.2) is 67.3 Å². The number of carbonyl (C=O) groups is 2. The molecule has 2 aromatic rings. The van der Waals surface area contributed by atoms with Crippen LogP contribution in [0.15, 0.2) is 42.5 Å². The maximum atomic E-state index is 13.8. The lowest BCUT2D eigenvalue weighted by molar-refractivity contribution is -0.136. The monoisotopic (exact) mass is 552 g/mol. The van der Waals surface area contributed by atoms with Gasteiger partial charge >= 0.3 is 0 Å². The van der Waals surface area contributed by atoms with Gasteiger partial charge in [-0.25, -0.2) is 0 Å². The summed E-state index contributed by atoms with van der Waals surface area (Å²) in [5.41, 5.74) is 3.59. The molecule has 2 aromatic carbocycles. The summed E-state index contributed by atoms with van der Waals surface area (Å²) in [6.07, 6.45) is 1.42. The van der Waals surface area contributed by atoms with Gasteiger partial charge in [-0.15, -0.1) is 0 Å². The molecule has 0 spiro atoms. The van der Waals surface area contributed by atoms with Crippen LogP contribution in [0.3, 0.4) is 0 Å². The lowest BCUT2D eigenvalue weighted by Crippen LogP contribution is -2.52. The zero-order chi connectivity index (χ0) is 27.9. The summed E-state index contributed by atoms with van der Waals surface area (Å²) in [6, 6.07) is 13.5. The Morgan fingerprint density at radius 1 is 1.21 bits per heavy atom. The van der Waals surface area contributed by atoms with Crippen molar-refractivity contribution in [2.45, 2.75) is 76.0 Å². The van der Waals surface area contributed by atoms with Crippen LogP contribution in [0.2, 0.25) is 18.6 Å². The van der Waals surface area contributed by atoms with Crippen molar-refractivity contribution in [3.63, 3.8) is 0 Å². The summed E-state index contributed by atoms with van der Waals surface area (Å²) < 4.78 is 12.6. The number of aliphatic hydroxyl groups excluding tert-OH is 1. The van der Waals surface area contributed by atoms with Crippen LogP contribution in [0.4, 0.5) is 5.69 Å². The molecule has 0 aliphatic carbocycles. The SMILES string of the molecule is CO[C@H]1c2cc(N3CCCC3=O)ccc2O[C@@H](C(CC(=O)N2Cc3ccccc3C[C@H]2CO)[Si](C)(C)O)[C@@H]1C. The quantitative estimate of drug-likeness (QED) is 0.507. The molecule has 9 heteroatoms. The minimum Gasteiger partial charge on any atom is -0.490 e. The highest BCUT2D eigenvalue weighted by atomic mass is 28.4. The summed E-state index contributed by atoms with van der Waals surface area (Å²) in [6.45, 7) is 6.80. The topological polar surface area (TPSA) is 99.5 Å². The molecule has 1 saturated heterocycles. The van der Waals surface area contributed by atoms with Crippen molar-refractivity contribution in [3.8, 4) is 5.75 Å². The number of ether oxygens (including phenoxy) is 2. The Labute approximate surface area is 231 Å². The molecule has 210 valence electrons. The molecule has 2 N–H and O–H groups in total. The summed E-state index contributed by atoms with van der Waals surface area (Å²) in [7, 11) is -1.23. The van der Waals surface area contributed by atoms with Crippen molar-refractivity contribution in [1.82, 2.24) is 4.90 Å². The zero-order valence-corrected chi connectivity index (χ0v) is 24.3. The number of hydrogen-bond acceptors (Lipinski definition) is 6. The van der Waals surface area contributed by atoms with Crippen molar-refractivity contribution in [2.75, 3.05) is 25.2 Å². The van der Waals surface area contributed by atoms with Crippen LogP contribution in [0.25, 0.3) is 0 Å². The van der Waals surface area contributed by atoms with Crippen LogP contribution < -0.4 is 9.64 Å². The van der Waals surface area contributed by atoms with Gasteiger partial charge in [0.2, 0.25) is 11.8 Å². The van der Waals surface area contributed by atoms with Gasteiger partial charge < -0.3 is 29.2 Å². The molecular weight excluding hydrogens is 512 g/mol. The van der Waals surface area contributed by atoms with Crippen LogP contribution in [0.1, 0.15) is 49.0 Å². The van der Waals surface area contributed by atoms with Crippen molar-refractivity contribution < 1.29 is 29.0 Å². The Hall–Kier alpha value is -2.72. The fraction of sp³-hybridized carbons (Fsp3) is 0.533. The van der Waals surface area contributed by atoms with Gasteiger partial charge in [-0.2, -0.15) is 0 Å². The number of fused-ring (bicyclic) bond motifs is 2. The van der Waals surface area contributed by atoms with Crippen molar-refractivity contribution >= 4 is 25.8 Å². The van der Waals surface area contributed by atoms with E-state index in [-0.39, 0.29) is 48.4 Å². The van der Waals surface area contributed by atoms with Crippen molar-refractivity contribution in [3.05, 3.63) is 59.2 Å². The van der Waals surface area contributed by atoms with Gasteiger partial charge in [-0.3, -0.25) is 9.59 Å². The number of rotatable bonds is 7. The van der Waals surface area contributed by atoms with Gasteiger partial charge in [0.15, 0.2) is 8.32 Å². The number of benzene rings is 2. The molecule has 1 fully saturated rings. The van der Waals surface area contributed by atoms with Crippen molar-refractivity contribution in [2.24, 2.45) is 5.92 Å². The second-order valence-electron chi connectivity index (χ2n) is 11.8. The summed E-state index contributed by atoms with van der Waals surface area (Å²) in [5.74, 6) is 0.567. The maximum Gasteiger partial charge on any atom is 0.227 e. The van der Waals surface area contributed by atoms with E-state index in [2.05, 4.69) is 6.07 Å². The van der Waals surface area contributed by atoms with E-state index in [9.17, 15) is 19.5 Å². The van der Waals surface area contributed by atoms with E-state index in [4.69, 9.17) is 9.47 Å². The number of nitrogens with zero attached hydrogens (tertiary/aromatic N) is 2. The first-order valence-electron chi connectivity index (χ1n) is 14.0. The minimum absolute atomic E-state index is 0.0818. The Kier molecular flexibility index (Phi) is 7.88. The third-order valence-electron chi connectivity index (χ3n) is 8.78. The largest absolute Gasteiger partial charge is 0.490 e. The highest BCUT2D eigenvalue weighted by Crippen LogP contribution is 2.48. The molecule has 0 radical (unpaired) electrons. The Morgan fingerprint density at radius 2 is 1.95 bits per heavy atom. The first-order chi connectivity index (χ1) is 18.6. The fourth-order valence-electron chi connectivity index (χ4n) is 6.57. The summed E-state index contributed by atoms with van der Waals surface area (Å²) >= 11 is 0. The highest BCUT2D eigenvalue weighted by molar-refractivity contribution is 6.71.